The third-order valence-electron chi connectivity index (χ3n) is 11.8. The number of Topliss-reactive ketones (excluding diaryl/α,β-unsaturated/α-hetero) is 2. The quantitative estimate of drug-likeness (QED) is 0.407. The second kappa shape index (κ2) is 8.42. The fourth-order valence-electron chi connectivity index (χ4n) is 8.98. The number of carbonyl (C=O) groups is 3. The van der Waals surface area contributed by atoms with E-state index >= 15 is 0 Å². The molecule has 0 aromatic rings. The highest BCUT2D eigenvalue weighted by Crippen LogP contribution is 2.71. The first-order valence-electron chi connectivity index (χ1n) is 13.8. The molecule has 0 bridgehead atoms. The van der Waals surface area contributed by atoms with E-state index < -0.39 is 17.3 Å². The maximum atomic E-state index is 13.9. The molecular formula is C31H46O4. The summed E-state index contributed by atoms with van der Waals surface area (Å²) >= 11 is 0. The average Bonchev–Trinajstić information content (AvgIpc) is 3.04. The van der Waals surface area contributed by atoms with E-state index in [2.05, 4.69) is 41.2 Å². The lowest BCUT2D eigenvalue weighted by Crippen LogP contribution is -2.56. The van der Waals surface area contributed by atoms with Crippen LogP contribution in [0.3, 0.4) is 0 Å². The van der Waals surface area contributed by atoms with Crippen LogP contribution in [0.15, 0.2) is 23.3 Å². The molecule has 0 heterocycles. The summed E-state index contributed by atoms with van der Waals surface area (Å²) in [7, 11) is 0. The first kappa shape index (κ1) is 26.4. The normalized spacial score (nSPS) is 39.2. The summed E-state index contributed by atoms with van der Waals surface area (Å²) in [6.45, 7) is 19.3. The molecule has 0 aromatic heterocycles. The van der Waals surface area contributed by atoms with Crippen LogP contribution in [0.1, 0.15) is 106 Å². The van der Waals surface area contributed by atoms with E-state index in [9.17, 15) is 19.5 Å². The number of carboxylic acids is 1. The fourth-order valence-corrected chi connectivity index (χ4v) is 8.98. The van der Waals surface area contributed by atoms with E-state index in [1.807, 2.05) is 13.8 Å². The lowest BCUT2D eigenvalue weighted by molar-refractivity contribution is -0.147. The third-order valence-corrected chi connectivity index (χ3v) is 11.8. The monoisotopic (exact) mass is 482 g/mol. The van der Waals surface area contributed by atoms with Gasteiger partial charge in [-0.25, -0.2) is 0 Å². The number of allylic oxidation sites excluding steroid dienone is 3. The van der Waals surface area contributed by atoms with Gasteiger partial charge in [-0.2, -0.15) is 0 Å². The Morgan fingerprint density at radius 2 is 1.71 bits per heavy atom. The van der Waals surface area contributed by atoms with Crippen molar-refractivity contribution in [1.82, 2.24) is 0 Å². The Hall–Kier alpha value is -1.71. The van der Waals surface area contributed by atoms with Crippen molar-refractivity contribution in [3.8, 4) is 0 Å². The van der Waals surface area contributed by atoms with Crippen molar-refractivity contribution in [2.75, 3.05) is 0 Å². The van der Waals surface area contributed by atoms with Gasteiger partial charge in [-0.1, -0.05) is 66.2 Å². The maximum Gasteiger partial charge on any atom is 0.306 e. The summed E-state index contributed by atoms with van der Waals surface area (Å²) in [5.74, 6) is -0.130. The van der Waals surface area contributed by atoms with Gasteiger partial charge >= 0.3 is 5.97 Å². The molecule has 0 aliphatic heterocycles. The van der Waals surface area contributed by atoms with Crippen molar-refractivity contribution < 1.29 is 19.5 Å². The van der Waals surface area contributed by atoms with Crippen LogP contribution in [0.2, 0.25) is 0 Å². The van der Waals surface area contributed by atoms with Gasteiger partial charge in [0.2, 0.25) is 0 Å². The molecule has 4 rings (SSSR count). The van der Waals surface area contributed by atoms with E-state index in [4.69, 9.17) is 0 Å². The highest BCUT2D eigenvalue weighted by molar-refractivity contribution is 6.00. The van der Waals surface area contributed by atoms with Crippen LogP contribution in [-0.2, 0) is 14.4 Å². The second-order valence-corrected chi connectivity index (χ2v) is 13.8. The molecule has 4 aliphatic carbocycles. The molecule has 35 heavy (non-hydrogen) atoms. The topological polar surface area (TPSA) is 71.4 Å². The molecule has 2 saturated carbocycles. The molecule has 0 spiro atoms. The van der Waals surface area contributed by atoms with Crippen LogP contribution in [0.25, 0.3) is 0 Å². The molecule has 0 radical (unpaired) electrons. The van der Waals surface area contributed by atoms with Crippen molar-refractivity contribution in [3.63, 3.8) is 0 Å². The van der Waals surface area contributed by atoms with Gasteiger partial charge in [-0.3, -0.25) is 14.4 Å². The molecule has 4 aliphatic rings. The average molecular weight is 483 g/mol. The molecule has 194 valence electrons. The van der Waals surface area contributed by atoms with Crippen molar-refractivity contribution in [3.05, 3.63) is 23.3 Å². The summed E-state index contributed by atoms with van der Waals surface area (Å²) in [4.78, 5) is 39.3. The van der Waals surface area contributed by atoms with Gasteiger partial charge in [0, 0.05) is 29.2 Å². The molecule has 6 atom stereocenters. The zero-order chi connectivity index (χ0) is 26.1. The number of carboxylic acid groups (broad SMARTS) is 1. The molecule has 1 N–H and O–H groups in total. The van der Waals surface area contributed by atoms with Crippen LogP contribution < -0.4 is 0 Å². The van der Waals surface area contributed by atoms with Crippen molar-refractivity contribution in [2.24, 2.45) is 45.3 Å². The number of aliphatic carboxylic acids is 1. The van der Waals surface area contributed by atoms with E-state index in [1.165, 1.54) is 5.57 Å². The number of rotatable bonds is 6. The zero-order valence-electron chi connectivity index (χ0n) is 23.1. The first-order chi connectivity index (χ1) is 16.1. The van der Waals surface area contributed by atoms with Gasteiger partial charge in [0.25, 0.3) is 0 Å². The molecule has 4 heteroatoms. The maximum absolute atomic E-state index is 13.9. The van der Waals surface area contributed by atoms with Gasteiger partial charge in [-0.05, 0) is 73.5 Å². The number of fused-ring (bicyclic) bond motifs is 4. The van der Waals surface area contributed by atoms with Crippen LogP contribution in [0, 0.1) is 45.3 Å². The highest BCUT2D eigenvalue weighted by Gasteiger charge is 2.66. The van der Waals surface area contributed by atoms with Gasteiger partial charge < -0.3 is 5.11 Å². The second-order valence-electron chi connectivity index (χ2n) is 13.8. The first-order valence-corrected chi connectivity index (χ1v) is 13.8. The number of carbonyl (C=O) groups excluding carboxylic acids is 2. The number of hydrogen-bond donors (Lipinski definition) is 1. The zero-order valence-corrected chi connectivity index (χ0v) is 23.1. The van der Waals surface area contributed by atoms with Crippen LogP contribution in [0.5, 0.6) is 0 Å². The Kier molecular flexibility index (Phi) is 6.34. The van der Waals surface area contributed by atoms with Crippen LogP contribution in [0.4, 0.5) is 0 Å². The summed E-state index contributed by atoms with van der Waals surface area (Å²) in [5, 5.41) is 10.3. The molecule has 0 aromatic carbocycles. The molecular weight excluding hydrogens is 436 g/mol. The van der Waals surface area contributed by atoms with Crippen molar-refractivity contribution in [2.45, 2.75) is 106 Å². The molecule has 0 amide bonds. The predicted molar refractivity (Wildman–Crippen MR) is 139 cm³/mol. The smallest absolute Gasteiger partial charge is 0.306 e. The predicted octanol–water partition coefficient (Wildman–Crippen LogP) is 7.18. The SMILES string of the molecule is C=C(CCC(C(=O)O)C1CCC2(C)C3=C(CCC12C)C1(C)CCC(=O)C(C)(C)C1CC3=O)C(C)C. The third kappa shape index (κ3) is 3.63. The summed E-state index contributed by atoms with van der Waals surface area (Å²) in [6, 6.07) is 0. The molecule has 2 fully saturated rings. The van der Waals surface area contributed by atoms with E-state index in [0.29, 0.717) is 25.2 Å². The van der Waals surface area contributed by atoms with Crippen molar-refractivity contribution in [1.29, 1.82) is 0 Å². The lowest BCUT2D eigenvalue weighted by atomic mass is 9.43. The Balaban J connectivity index is 1.73. The molecule has 0 saturated heterocycles. The Morgan fingerprint density at radius 3 is 2.31 bits per heavy atom. The number of ketones is 2. The van der Waals surface area contributed by atoms with Gasteiger partial charge in [0.05, 0.1) is 5.92 Å². The van der Waals surface area contributed by atoms with Gasteiger partial charge in [0.1, 0.15) is 5.78 Å². The molecule has 6 unspecified atom stereocenters. The largest absolute Gasteiger partial charge is 0.481 e. The lowest BCUT2D eigenvalue weighted by Gasteiger charge is -2.60. The summed E-state index contributed by atoms with van der Waals surface area (Å²) < 4.78 is 0. The Labute approximate surface area is 212 Å². The van der Waals surface area contributed by atoms with Gasteiger partial charge in [-0.15, -0.1) is 0 Å². The Bertz CT molecular complexity index is 999. The minimum absolute atomic E-state index is 0.0569. The van der Waals surface area contributed by atoms with Crippen molar-refractivity contribution >= 4 is 17.5 Å². The van der Waals surface area contributed by atoms with E-state index in [1.54, 1.807) is 0 Å². The van der Waals surface area contributed by atoms with Crippen LogP contribution in [-0.4, -0.2) is 22.6 Å². The van der Waals surface area contributed by atoms with E-state index in [0.717, 1.165) is 49.7 Å². The minimum Gasteiger partial charge on any atom is -0.481 e. The molecule has 4 nitrogen and oxygen atoms in total. The van der Waals surface area contributed by atoms with E-state index in [-0.39, 0.29) is 39.6 Å². The minimum atomic E-state index is -0.702. The summed E-state index contributed by atoms with van der Waals surface area (Å²) in [6.07, 6.45) is 6.73. The van der Waals surface area contributed by atoms with Crippen LogP contribution >= 0.6 is 0 Å². The van der Waals surface area contributed by atoms with Gasteiger partial charge in [0.15, 0.2) is 5.78 Å². The number of hydrogen-bond acceptors (Lipinski definition) is 3. The Morgan fingerprint density at radius 1 is 1.06 bits per heavy atom. The standard InChI is InChI=1S/C31H46O4/c1-18(2)19(3)9-10-20(27(34)35)21-11-16-31(8)26-22(12-15-30(21,31)7)29(6)14-13-25(33)28(4,5)24(29)17-23(26)32/h18,20-21,24H,3,9-17H2,1-2,4-8H3,(H,34,35). The highest BCUT2D eigenvalue weighted by atomic mass is 16.4. The fraction of sp³-hybridized carbons (Fsp3) is 0.774. The summed E-state index contributed by atoms with van der Waals surface area (Å²) in [5.41, 5.74) is 2.33.